The second-order valence-corrected chi connectivity index (χ2v) is 5.46. The van der Waals surface area contributed by atoms with E-state index in [9.17, 15) is 0 Å². The number of nitrogens with zero attached hydrogens (tertiary/aromatic N) is 1. The van der Waals surface area contributed by atoms with E-state index in [2.05, 4.69) is 10.3 Å². The van der Waals surface area contributed by atoms with E-state index in [1.807, 2.05) is 30.3 Å². The molecule has 22 heavy (non-hydrogen) atoms. The van der Waals surface area contributed by atoms with Crippen molar-refractivity contribution in [3.8, 4) is 5.75 Å². The summed E-state index contributed by atoms with van der Waals surface area (Å²) < 4.78 is 5.10. The Hall–Kier alpha value is -1.91. The highest BCUT2D eigenvalue weighted by molar-refractivity contribution is 6.32. The molecule has 0 unspecified atom stereocenters. The van der Waals surface area contributed by atoms with Crippen molar-refractivity contribution in [3.05, 3.63) is 58.1 Å². The highest BCUT2D eigenvalue weighted by Gasteiger charge is 2.02. The smallest absolute Gasteiger partial charge is 0.193 e. The number of nitrogens with two attached hydrogens (primary N) is 1. The number of guanidine groups is 1. The van der Waals surface area contributed by atoms with E-state index in [0.717, 1.165) is 22.7 Å². The van der Waals surface area contributed by atoms with Crippen LogP contribution in [0.15, 0.2) is 47.5 Å². The lowest BCUT2D eigenvalue weighted by atomic mass is 10.1. The number of anilines is 1. The van der Waals surface area contributed by atoms with Crippen LogP contribution in [0.2, 0.25) is 10.0 Å². The Bertz CT molecular complexity index is 657. The molecule has 0 aliphatic heterocycles. The van der Waals surface area contributed by atoms with Crippen molar-refractivity contribution in [1.82, 2.24) is 0 Å². The third kappa shape index (κ3) is 4.83. The maximum atomic E-state index is 6.05. The van der Waals surface area contributed by atoms with Gasteiger partial charge in [0.05, 0.1) is 12.1 Å². The van der Waals surface area contributed by atoms with Gasteiger partial charge in [0, 0.05) is 17.3 Å². The van der Waals surface area contributed by atoms with Gasteiger partial charge in [-0.3, -0.25) is 4.99 Å². The van der Waals surface area contributed by atoms with Gasteiger partial charge in [-0.2, -0.15) is 0 Å². The van der Waals surface area contributed by atoms with Gasteiger partial charge in [0.2, 0.25) is 0 Å². The van der Waals surface area contributed by atoms with Gasteiger partial charge in [-0.15, -0.1) is 0 Å². The first-order valence-corrected chi connectivity index (χ1v) is 7.49. The molecule has 6 heteroatoms. The van der Waals surface area contributed by atoms with E-state index < -0.39 is 0 Å². The number of methoxy groups -OCH3 is 1. The van der Waals surface area contributed by atoms with E-state index in [1.165, 1.54) is 0 Å². The third-order valence-electron chi connectivity index (χ3n) is 3.02. The predicted molar refractivity (Wildman–Crippen MR) is 93.3 cm³/mol. The molecule has 0 spiro atoms. The van der Waals surface area contributed by atoms with Gasteiger partial charge in [0.15, 0.2) is 5.96 Å². The quantitative estimate of drug-likeness (QED) is 0.641. The molecule has 0 fully saturated rings. The Morgan fingerprint density at radius 3 is 2.55 bits per heavy atom. The number of halogens is 2. The van der Waals surface area contributed by atoms with Crippen LogP contribution >= 0.6 is 23.2 Å². The Morgan fingerprint density at radius 1 is 1.18 bits per heavy atom. The number of hydrogen-bond acceptors (Lipinski definition) is 2. The predicted octanol–water partition coefficient (Wildman–Crippen LogP) is 3.97. The molecule has 0 radical (unpaired) electrons. The summed E-state index contributed by atoms with van der Waals surface area (Å²) in [6.07, 6.45) is 0.795. The monoisotopic (exact) mass is 337 g/mol. The third-order valence-corrected chi connectivity index (χ3v) is 3.57. The maximum Gasteiger partial charge on any atom is 0.193 e. The molecule has 0 atom stereocenters. The zero-order valence-corrected chi connectivity index (χ0v) is 13.7. The average molecular weight is 338 g/mol. The standard InChI is InChI=1S/C16H17Cl2N3O/c1-22-15-7-6-13(10-14(15)18)21-16(19)20-9-8-11-2-4-12(17)5-3-11/h2-7,10H,8-9H2,1H3,(H3,19,20,21). The molecule has 2 aromatic carbocycles. The first-order chi connectivity index (χ1) is 10.6. The molecular formula is C16H17Cl2N3O. The van der Waals surface area contributed by atoms with Crippen LogP contribution in [0.4, 0.5) is 5.69 Å². The summed E-state index contributed by atoms with van der Waals surface area (Å²) in [5, 5.41) is 4.24. The summed E-state index contributed by atoms with van der Waals surface area (Å²) >= 11 is 11.9. The van der Waals surface area contributed by atoms with Gasteiger partial charge in [-0.1, -0.05) is 35.3 Å². The number of benzene rings is 2. The summed E-state index contributed by atoms with van der Waals surface area (Å²) in [6.45, 7) is 0.588. The first-order valence-electron chi connectivity index (χ1n) is 6.73. The molecule has 3 N–H and O–H groups in total. The summed E-state index contributed by atoms with van der Waals surface area (Å²) in [7, 11) is 1.57. The molecule has 0 saturated heterocycles. The van der Waals surface area contributed by atoms with Gasteiger partial charge >= 0.3 is 0 Å². The summed E-state index contributed by atoms with van der Waals surface area (Å²) in [5.41, 5.74) is 7.78. The van der Waals surface area contributed by atoms with E-state index in [0.29, 0.717) is 23.3 Å². The number of aliphatic imine (C=N–C) groups is 1. The second-order valence-electron chi connectivity index (χ2n) is 4.62. The average Bonchev–Trinajstić information content (AvgIpc) is 2.49. The number of hydrogen-bond donors (Lipinski definition) is 2. The molecule has 0 aliphatic carbocycles. The fourth-order valence-corrected chi connectivity index (χ4v) is 2.27. The summed E-state index contributed by atoms with van der Waals surface area (Å²) in [6, 6.07) is 13.0. The number of nitrogens with one attached hydrogen (secondary N) is 1. The zero-order chi connectivity index (χ0) is 15.9. The molecule has 2 aromatic rings. The number of rotatable bonds is 5. The Labute approximate surface area is 139 Å². The highest BCUT2D eigenvalue weighted by atomic mass is 35.5. The molecule has 0 aromatic heterocycles. The van der Waals surface area contributed by atoms with Crippen LogP contribution in [-0.4, -0.2) is 19.6 Å². The molecule has 0 amide bonds. The fourth-order valence-electron chi connectivity index (χ4n) is 1.89. The second kappa shape index (κ2) is 7.92. The maximum absolute atomic E-state index is 6.05. The Balaban J connectivity index is 1.89. The van der Waals surface area contributed by atoms with Crippen molar-refractivity contribution in [2.75, 3.05) is 19.0 Å². The van der Waals surface area contributed by atoms with Crippen LogP contribution in [0.5, 0.6) is 5.75 Å². The SMILES string of the molecule is COc1ccc(NC(N)=NCCc2ccc(Cl)cc2)cc1Cl. The molecule has 2 rings (SSSR count). The lowest BCUT2D eigenvalue weighted by Crippen LogP contribution is -2.23. The van der Waals surface area contributed by atoms with Gasteiger partial charge < -0.3 is 15.8 Å². The molecule has 0 bridgehead atoms. The fraction of sp³-hybridized carbons (Fsp3) is 0.188. The van der Waals surface area contributed by atoms with Crippen LogP contribution < -0.4 is 15.8 Å². The summed E-state index contributed by atoms with van der Waals surface area (Å²) in [5.74, 6) is 0.959. The van der Waals surface area contributed by atoms with Crippen molar-refractivity contribution in [3.63, 3.8) is 0 Å². The van der Waals surface area contributed by atoms with Gasteiger partial charge in [0.1, 0.15) is 5.75 Å². The van der Waals surface area contributed by atoms with Crippen LogP contribution in [0.25, 0.3) is 0 Å². The van der Waals surface area contributed by atoms with Crippen molar-refractivity contribution in [2.24, 2.45) is 10.7 Å². The van der Waals surface area contributed by atoms with Gasteiger partial charge in [-0.25, -0.2) is 0 Å². The zero-order valence-electron chi connectivity index (χ0n) is 12.1. The van der Waals surface area contributed by atoms with Crippen LogP contribution in [0.1, 0.15) is 5.56 Å². The van der Waals surface area contributed by atoms with E-state index in [-0.39, 0.29) is 0 Å². The normalized spacial score (nSPS) is 11.3. The molecule has 0 saturated carbocycles. The van der Waals surface area contributed by atoms with Crippen molar-refractivity contribution in [1.29, 1.82) is 0 Å². The number of ether oxygens (including phenoxy) is 1. The molecular weight excluding hydrogens is 321 g/mol. The van der Waals surface area contributed by atoms with Crippen LogP contribution in [0.3, 0.4) is 0 Å². The Morgan fingerprint density at radius 2 is 1.91 bits per heavy atom. The topological polar surface area (TPSA) is 59.6 Å². The summed E-state index contributed by atoms with van der Waals surface area (Å²) in [4.78, 5) is 4.29. The lowest BCUT2D eigenvalue weighted by molar-refractivity contribution is 0.415. The molecule has 116 valence electrons. The van der Waals surface area contributed by atoms with Gasteiger partial charge in [-0.05, 0) is 42.3 Å². The van der Waals surface area contributed by atoms with Gasteiger partial charge in [0.25, 0.3) is 0 Å². The van der Waals surface area contributed by atoms with Crippen LogP contribution in [0, 0.1) is 0 Å². The molecule has 4 nitrogen and oxygen atoms in total. The largest absolute Gasteiger partial charge is 0.495 e. The van der Waals surface area contributed by atoms with E-state index in [1.54, 1.807) is 19.2 Å². The lowest BCUT2D eigenvalue weighted by Gasteiger charge is -2.08. The molecule has 0 heterocycles. The van der Waals surface area contributed by atoms with Crippen molar-refractivity contribution < 1.29 is 4.74 Å². The minimum absolute atomic E-state index is 0.343. The molecule has 0 aliphatic rings. The van der Waals surface area contributed by atoms with E-state index >= 15 is 0 Å². The van der Waals surface area contributed by atoms with Crippen molar-refractivity contribution in [2.45, 2.75) is 6.42 Å². The van der Waals surface area contributed by atoms with E-state index in [4.69, 9.17) is 33.7 Å². The van der Waals surface area contributed by atoms with Crippen molar-refractivity contribution >= 4 is 34.8 Å². The highest BCUT2D eigenvalue weighted by Crippen LogP contribution is 2.26. The van der Waals surface area contributed by atoms with Crippen LogP contribution in [-0.2, 0) is 6.42 Å². The first kappa shape index (κ1) is 16.5. The minimum Gasteiger partial charge on any atom is -0.495 e. The minimum atomic E-state index is 0.343. The Kier molecular flexibility index (Phi) is 5.92.